The highest BCUT2D eigenvalue weighted by atomic mass is 19.4. The molecule has 5 fully saturated rings. The standard InChI is InChI=1S/C34H39F3N2O5/c35-34(36,37)29-19-26(39-9-5-23-18-27(2-4-30(23)39)44-12-8-20-6-10-43-11-7-20)1-3-28(29)31(40)38-33(32(41)42)24-14-21-13-22(16-24)17-25(33)15-21/h1-4,18-22,24-25H,5-17H2,(H,38,40)(H,41,42). The van der Waals surface area contributed by atoms with E-state index in [1.54, 1.807) is 0 Å². The second kappa shape index (κ2) is 11.3. The van der Waals surface area contributed by atoms with Crippen molar-refractivity contribution < 1.29 is 37.3 Å². The second-order valence-electron chi connectivity index (χ2n) is 13.5. The minimum absolute atomic E-state index is 0.259. The number of rotatable bonds is 8. The van der Waals surface area contributed by atoms with Gasteiger partial charge >= 0.3 is 12.1 Å². The largest absolute Gasteiger partial charge is 0.494 e. The van der Waals surface area contributed by atoms with Gasteiger partial charge in [0.25, 0.3) is 5.91 Å². The third kappa shape index (κ3) is 5.22. The predicted molar refractivity (Wildman–Crippen MR) is 157 cm³/mol. The fourth-order valence-electron chi connectivity index (χ4n) is 9.04. The number of anilines is 2. The predicted octanol–water partition coefficient (Wildman–Crippen LogP) is 6.60. The maximum Gasteiger partial charge on any atom is 0.417 e. The number of nitrogens with one attached hydrogen (secondary N) is 1. The minimum atomic E-state index is -4.80. The topological polar surface area (TPSA) is 88.1 Å². The van der Waals surface area contributed by atoms with Gasteiger partial charge in [-0.15, -0.1) is 0 Å². The van der Waals surface area contributed by atoms with Gasteiger partial charge in [-0.3, -0.25) is 4.79 Å². The molecular formula is C34H39F3N2O5. The summed E-state index contributed by atoms with van der Waals surface area (Å²) in [4.78, 5) is 28.1. The number of hydrogen-bond donors (Lipinski definition) is 2. The number of halogens is 3. The van der Waals surface area contributed by atoms with Crippen molar-refractivity contribution >= 4 is 23.3 Å². The molecule has 0 atom stereocenters. The van der Waals surface area contributed by atoms with E-state index in [0.717, 1.165) is 62.0 Å². The zero-order valence-corrected chi connectivity index (χ0v) is 24.7. The van der Waals surface area contributed by atoms with Gasteiger partial charge in [0, 0.05) is 31.1 Å². The van der Waals surface area contributed by atoms with Gasteiger partial charge in [-0.05, 0) is 129 Å². The van der Waals surface area contributed by atoms with Crippen LogP contribution in [0.5, 0.6) is 5.75 Å². The molecule has 1 saturated heterocycles. The molecule has 0 aromatic heterocycles. The van der Waals surface area contributed by atoms with Crippen molar-refractivity contribution in [3.8, 4) is 5.75 Å². The highest BCUT2D eigenvalue weighted by Crippen LogP contribution is 2.58. The first-order chi connectivity index (χ1) is 21.1. The van der Waals surface area contributed by atoms with E-state index in [1.807, 2.05) is 23.1 Å². The number of benzene rings is 2. The van der Waals surface area contributed by atoms with Crippen LogP contribution in [0.4, 0.5) is 24.5 Å². The Morgan fingerprint density at radius 1 is 1.00 bits per heavy atom. The maximum absolute atomic E-state index is 14.5. The van der Waals surface area contributed by atoms with E-state index in [9.17, 15) is 27.9 Å². The van der Waals surface area contributed by atoms with Crippen molar-refractivity contribution in [2.75, 3.05) is 31.3 Å². The second-order valence-corrected chi connectivity index (χ2v) is 13.5. The molecule has 1 amide bonds. The zero-order valence-electron chi connectivity index (χ0n) is 24.7. The number of carboxylic acid groups (broad SMARTS) is 1. The third-order valence-electron chi connectivity index (χ3n) is 11.0. The molecule has 7 nitrogen and oxygen atoms in total. The monoisotopic (exact) mass is 612 g/mol. The van der Waals surface area contributed by atoms with Gasteiger partial charge in [-0.2, -0.15) is 13.2 Å². The van der Waals surface area contributed by atoms with Crippen LogP contribution in [0, 0.1) is 29.6 Å². The van der Waals surface area contributed by atoms with Crippen LogP contribution in [0.1, 0.15) is 72.9 Å². The smallest absolute Gasteiger partial charge is 0.417 e. The van der Waals surface area contributed by atoms with Crippen LogP contribution in [0.15, 0.2) is 36.4 Å². The van der Waals surface area contributed by atoms with Gasteiger partial charge in [0.05, 0.1) is 17.7 Å². The Hall–Kier alpha value is -3.27. The average Bonchev–Trinajstić information content (AvgIpc) is 3.41. The fraction of sp³-hybridized carbons (Fsp3) is 0.588. The molecule has 10 heteroatoms. The van der Waals surface area contributed by atoms with E-state index < -0.39 is 34.7 Å². The molecule has 4 aliphatic carbocycles. The Bertz CT molecular complexity index is 1410. The lowest BCUT2D eigenvalue weighted by atomic mass is 9.48. The lowest BCUT2D eigenvalue weighted by Crippen LogP contribution is -2.70. The van der Waals surface area contributed by atoms with Crippen LogP contribution in [0.3, 0.4) is 0 Å². The van der Waals surface area contributed by atoms with Crippen LogP contribution in [0.25, 0.3) is 0 Å². The highest BCUT2D eigenvalue weighted by molar-refractivity contribution is 6.00. The molecule has 4 bridgehead atoms. The molecule has 2 heterocycles. The van der Waals surface area contributed by atoms with Gasteiger partial charge in [0.2, 0.25) is 0 Å². The van der Waals surface area contributed by atoms with Crippen LogP contribution < -0.4 is 15.0 Å². The number of aliphatic carboxylic acids is 1. The van der Waals surface area contributed by atoms with E-state index in [4.69, 9.17) is 9.47 Å². The summed E-state index contributed by atoms with van der Waals surface area (Å²) in [7, 11) is 0. The van der Waals surface area contributed by atoms with Crippen molar-refractivity contribution in [2.24, 2.45) is 29.6 Å². The Labute approximate surface area is 255 Å². The number of hydrogen-bond acceptors (Lipinski definition) is 5. The molecule has 2 aliphatic heterocycles. The number of carbonyl (C=O) groups excluding carboxylic acids is 1. The van der Waals surface area contributed by atoms with E-state index in [0.29, 0.717) is 68.7 Å². The summed E-state index contributed by atoms with van der Waals surface area (Å²) in [5.41, 5.74) is -0.977. The summed E-state index contributed by atoms with van der Waals surface area (Å²) in [5.74, 6) is -0.392. The number of carbonyl (C=O) groups is 2. The zero-order chi connectivity index (χ0) is 30.6. The first-order valence-electron chi connectivity index (χ1n) is 16.0. The number of ether oxygens (including phenoxy) is 2. The molecule has 8 rings (SSSR count). The maximum atomic E-state index is 14.5. The summed E-state index contributed by atoms with van der Waals surface area (Å²) in [6, 6.07) is 9.44. The van der Waals surface area contributed by atoms with Crippen molar-refractivity contribution in [1.82, 2.24) is 5.32 Å². The third-order valence-corrected chi connectivity index (χ3v) is 11.0. The number of nitrogens with zero attached hydrogens (tertiary/aromatic N) is 1. The average molecular weight is 613 g/mol. The van der Waals surface area contributed by atoms with Gasteiger partial charge in [0.15, 0.2) is 0 Å². The summed E-state index contributed by atoms with van der Waals surface area (Å²) in [6.07, 6.45) is 2.78. The highest BCUT2D eigenvalue weighted by Gasteiger charge is 2.62. The van der Waals surface area contributed by atoms with Crippen molar-refractivity contribution in [1.29, 1.82) is 0 Å². The molecular weight excluding hydrogens is 573 g/mol. The van der Waals surface area contributed by atoms with Crippen LogP contribution in [-0.2, 0) is 22.1 Å². The van der Waals surface area contributed by atoms with Crippen molar-refractivity contribution in [2.45, 2.75) is 69.5 Å². The van der Waals surface area contributed by atoms with Crippen molar-refractivity contribution in [3.05, 3.63) is 53.1 Å². The van der Waals surface area contributed by atoms with Gasteiger partial charge in [-0.1, -0.05) is 0 Å². The van der Waals surface area contributed by atoms with E-state index >= 15 is 0 Å². The lowest BCUT2D eigenvalue weighted by molar-refractivity contribution is -0.163. The molecule has 0 spiro atoms. The summed E-state index contributed by atoms with van der Waals surface area (Å²) in [6.45, 7) is 2.70. The van der Waals surface area contributed by atoms with E-state index in [2.05, 4.69) is 5.32 Å². The summed E-state index contributed by atoms with van der Waals surface area (Å²) < 4.78 is 54.8. The Kier molecular flexibility index (Phi) is 7.54. The van der Waals surface area contributed by atoms with Gasteiger partial charge < -0.3 is 24.8 Å². The lowest BCUT2D eigenvalue weighted by Gasteiger charge is -2.59. The van der Waals surface area contributed by atoms with E-state index in [-0.39, 0.29) is 11.8 Å². The Morgan fingerprint density at radius 2 is 1.70 bits per heavy atom. The molecule has 236 valence electrons. The molecule has 0 unspecified atom stereocenters. The molecule has 2 aromatic rings. The SMILES string of the molecule is O=C(NC1(C(=O)O)C2CC3CC(C2)CC1C3)c1ccc(N2CCc3cc(OCCC4CCOCC4)ccc32)cc1C(F)(F)F. The molecule has 6 aliphatic rings. The number of fused-ring (bicyclic) bond motifs is 1. The van der Waals surface area contributed by atoms with Gasteiger partial charge in [0.1, 0.15) is 11.3 Å². The first-order valence-corrected chi connectivity index (χ1v) is 16.0. The summed E-state index contributed by atoms with van der Waals surface area (Å²) in [5, 5.41) is 13.1. The number of amides is 1. The molecule has 44 heavy (non-hydrogen) atoms. The Morgan fingerprint density at radius 3 is 2.36 bits per heavy atom. The number of alkyl halides is 3. The van der Waals surface area contributed by atoms with Crippen molar-refractivity contribution in [3.63, 3.8) is 0 Å². The summed E-state index contributed by atoms with van der Waals surface area (Å²) >= 11 is 0. The normalized spacial score (nSPS) is 29.5. The first kappa shape index (κ1) is 29.4. The fourth-order valence-corrected chi connectivity index (χ4v) is 9.04. The van der Waals surface area contributed by atoms with E-state index in [1.165, 1.54) is 12.1 Å². The Balaban J connectivity index is 1.10. The molecule has 0 radical (unpaired) electrons. The quantitative estimate of drug-likeness (QED) is 0.349. The number of carboxylic acids is 1. The molecule has 2 N–H and O–H groups in total. The van der Waals surface area contributed by atoms with Gasteiger partial charge in [-0.25, -0.2) is 4.79 Å². The van der Waals surface area contributed by atoms with Crippen LogP contribution in [0.2, 0.25) is 0 Å². The molecule has 4 saturated carbocycles. The van der Waals surface area contributed by atoms with Crippen LogP contribution >= 0.6 is 0 Å². The molecule has 2 aromatic carbocycles. The minimum Gasteiger partial charge on any atom is -0.494 e. The van der Waals surface area contributed by atoms with Crippen LogP contribution in [-0.4, -0.2) is 48.9 Å².